The maximum atomic E-state index is 4.17. The molecule has 2 heteroatoms. The number of nitrogens with zero attached hydrogens (tertiary/aromatic N) is 1. The van der Waals surface area contributed by atoms with Gasteiger partial charge < -0.3 is 5.32 Å². The summed E-state index contributed by atoms with van der Waals surface area (Å²) in [6.45, 7) is 14.4. The maximum Gasteiger partial charge on any atom is 0.0202 e. The predicted octanol–water partition coefficient (Wildman–Crippen LogP) is 2.66. The molecule has 0 saturated carbocycles. The lowest BCUT2D eigenvalue weighted by molar-refractivity contribution is 0.183. The van der Waals surface area contributed by atoms with E-state index < -0.39 is 0 Å². The molecule has 0 spiro atoms. The first-order valence-corrected chi connectivity index (χ1v) is 6.86. The molecule has 94 valence electrons. The molecule has 1 atom stereocenters. The van der Waals surface area contributed by atoms with Crippen LogP contribution in [-0.2, 0) is 0 Å². The Labute approximate surface area is 101 Å². The van der Waals surface area contributed by atoms with Crippen LogP contribution >= 0.6 is 0 Å². The second-order valence-electron chi connectivity index (χ2n) is 5.08. The standard InChI is InChI=1S/C14H28N2/c1-4-8-15-10-13(3)11-16-9-6-7-14(5-2)12-16/h14-15H,3-12H2,1-2H3. The quantitative estimate of drug-likeness (QED) is 0.528. The Morgan fingerprint density at radius 3 is 2.94 bits per heavy atom. The molecule has 0 aromatic carbocycles. The highest BCUT2D eigenvalue weighted by molar-refractivity contribution is 5.00. The third-order valence-corrected chi connectivity index (χ3v) is 3.43. The van der Waals surface area contributed by atoms with Crippen molar-refractivity contribution in [1.82, 2.24) is 10.2 Å². The molecule has 16 heavy (non-hydrogen) atoms. The molecule has 1 fully saturated rings. The minimum Gasteiger partial charge on any atom is -0.313 e. The third kappa shape index (κ3) is 5.13. The van der Waals surface area contributed by atoms with Crippen molar-refractivity contribution in [2.75, 3.05) is 32.7 Å². The molecule has 1 unspecified atom stereocenters. The topological polar surface area (TPSA) is 15.3 Å². The van der Waals surface area contributed by atoms with Crippen LogP contribution in [0.4, 0.5) is 0 Å². The zero-order valence-corrected chi connectivity index (χ0v) is 11.1. The number of likely N-dealkylation sites (tertiary alicyclic amines) is 1. The van der Waals surface area contributed by atoms with Crippen LogP contribution in [0.15, 0.2) is 12.2 Å². The predicted molar refractivity (Wildman–Crippen MR) is 71.8 cm³/mol. The van der Waals surface area contributed by atoms with E-state index in [1.807, 2.05) is 0 Å². The Morgan fingerprint density at radius 1 is 1.44 bits per heavy atom. The van der Waals surface area contributed by atoms with Crippen molar-refractivity contribution in [3.8, 4) is 0 Å². The molecule has 0 aromatic heterocycles. The third-order valence-electron chi connectivity index (χ3n) is 3.43. The maximum absolute atomic E-state index is 4.17. The second-order valence-corrected chi connectivity index (χ2v) is 5.08. The zero-order chi connectivity index (χ0) is 11.8. The van der Waals surface area contributed by atoms with E-state index in [1.165, 1.54) is 44.3 Å². The van der Waals surface area contributed by atoms with Crippen molar-refractivity contribution in [2.24, 2.45) is 5.92 Å². The Morgan fingerprint density at radius 2 is 2.25 bits per heavy atom. The smallest absolute Gasteiger partial charge is 0.0202 e. The molecule has 0 aliphatic carbocycles. The van der Waals surface area contributed by atoms with Gasteiger partial charge in [-0.25, -0.2) is 0 Å². The molecule has 0 aromatic rings. The molecule has 1 rings (SSSR count). The van der Waals surface area contributed by atoms with Gasteiger partial charge in [0, 0.05) is 19.6 Å². The lowest BCUT2D eigenvalue weighted by Crippen LogP contribution is -2.37. The van der Waals surface area contributed by atoms with E-state index in [2.05, 4.69) is 30.6 Å². The number of piperidine rings is 1. The lowest BCUT2D eigenvalue weighted by Gasteiger charge is -2.32. The fourth-order valence-electron chi connectivity index (χ4n) is 2.44. The van der Waals surface area contributed by atoms with Gasteiger partial charge in [0.25, 0.3) is 0 Å². The summed E-state index contributed by atoms with van der Waals surface area (Å²) in [4.78, 5) is 2.58. The Kier molecular flexibility index (Phi) is 6.74. The number of rotatable bonds is 7. The van der Waals surface area contributed by atoms with Crippen LogP contribution in [0.2, 0.25) is 0 Å². The van der Waals surface area contributed by atoms with E-state index in [0.717, 1.165) is 25.6 Å². The summed E-state index contributed by atoms with van der Waals surface area (Å²) in [5.74, 6) is 0.921. The van der Waals surface area contributed by atoms with Gasteiger partial charge in [0.1, 0.15) is 0 Å². The summed E-state index contributed by atoms with van der Waals surface area (Å²) in [5.41, 5.74) is 1.34. The second kappa shape index (κ2) is 7.86. The van der Waals surface area contributed by atoms with Gasteiger partial charge in [-0.1, -0.05) is 26.8 Å². The Hall–Kier alpha value is -0.340. The summed E-state index contributed by atoms with van der Waals surface area (Å²) in [6.07, 6.45) is 5.33. The van der Waals surface area contributed by atoms with Gasteiger partial charge in [0.2, 0.25) is 0 Å². The van der Waals surface area contributed by atoms with E-state index in [4.69, 9.17) is 0 Å². The molecule has 0 radical (unpaired) electrons. The van der Waals surface area contributed by atoms with Crippen LogP contribution in [0.3, 0.4) is 0 Å². The number of hydrogen-bond donors (Lipinski definition) is 1. The van der Waals surface area contributed by atoms with Crippen LogP contribution in [0.1, 0.15) is 39.5 Å². The van der Waals surface area contributed by atoms with E-state index in [1.54, 1.807) is 0 Å². The van der Waals surface area contributed by atoms with Crippen molar-refractivity contribution >= 4 is 0 Å². The molecule has 0 bridgehead atoms. The first-order chi connectivity index (χ1) is 7.76. The van der Waals surface area contributed by atoms with Crippen LogP contribution in [0.25, 0.3) is 0 Å². The van der Waals surface area contributed by atoms with E-state index in [9.17, 15) is 0 Å². The van der Waals surface area contributed by atoms with Crippen LogP contribution in [0, 0.1) is 5.92 Å². The minimum absolute atomic E-state index is 0.921. The Bertz CT molecular complexity index is 201. The van der Waals surface area contributed by atoms with E-state index in [-0.39, 0.29) is 0 Å². The molecular formula is C14H28N2. The molecule has 1 aliphatic heterocycles. The fourth-order valence-corrected chi connectivity index (χ4v) is 2.44. The summed E-state index contributed by atoms with van der Waals surface area (Å²) < 4.78 is 0. The lowest BCUT2D eigenvalue weighted by atomic mass is 9.95. The van der Waals surface area contributed by atoms with Gasteiger partial charge in [-0.15, -0.1) is 0 Å². The van der Waals surface area contributed by atoms with E-state index in [0.29, 0.717) is 0 Å². The van der Waals surface area contributed by atoms with Crippen LogP contribution < -0.4 is 5.32 Å². The molecule has 2 nitrogen and oxygen atoms in total. The van der Waals surface area contributed by atoms with Gasteiger partial charge in [0.05, 0.1) is 0 Å². The van der Waals surface area contributed by atoms with Crippen molar-refractivity contribution in [2.45, 2.75) is 39.5 Å². The summed E-state index contributed by atoms with van der Waals surface area (Å²) in [7, 11) is 0. The summed E-state index contributed by atoms with van der Waals surface area (Å²) >= 11 is 0. The van der Waals surface area contributed by atoms with Crippen LogP contribution in [-0.4, -0.2) is 37.6 Å². The van der Waals surface area contributed by atoms with Gasteiger partial charge in [-0.05, 0) is 43.8 Å². The molecule has 0 amide bonds. The molecule has 1 N–H and O–H groups in total. The fraction of sp³-hybridized carbons (Fsp3) is 0.857. The first-order valence-electron chi connectivity index (χ1n) is 6.86. The molecule has 1 saturated heterocycles. The first kappa shape index (κ1) is 13.7. The minimum atomic E-state index is 0.921. The highest BCUT2D eigenvalue weighted by Crippen LogP contribution is 2.19. The van der Waals surface area contributed by atoms with Crippen molar-refractivity contribution in [1.29, 1.82) is 0 Å². The van der Waals surface area contributed by atoms with Gasteiger partial charge >= 0.3 is 0 Å². The van der Waals surface area contributed by atoms with Crippen molar-refractivity contribution < 1.29 is 0 Å². The number of nitrogens with one attached hydrogen (secondary N) is 1. The average Bonchev–Trinajstić information content (AvgIpc) is 2.29. The molecule has 1 heterocycles. The van der Waals surface area contributed by atoms with Crippen molar-refractivity contribution in [3.63, 3.8) is 0 Å². The van der Waals surface area contributed by atoms with E-state index >= 15 is 0 Å². The summed E-state index contributed by atoms with van der Waals surface area (Å²) in [5, 5.41) is 3.42. The van der Waals surface area contributed by atoms with Gasteiger partial charge in [-0.2, -0.15) is 0 Å². The highest BCUT2D eigenvalue weighted by Gasteiger charge is 2.18. The van der Waals surface area contributed by atoms with Gasteiger partial charge in [0.15, 0.2) is 0 Å². The van der Waals surface area contributed by atoms with Gasteiger partial charge in [-0.3, -0.25) is 4.90 Å². The van der Waals surface area contributed by atoms with Crippen LogP contribution in [0.5, 0.6) is 0 Å². The molecule has 1 aliphatic rings. The Balaban J connectivity index is 2.17. The summed E-state index contributed by atoms with van der Waals surface area (Å²) in [6, 6.07) is 0. The number of hydrogen-bond acceptors (Lipinski definition) is 2. The highest BCUT2D eigenvalue weighted by atomic mass is 15.1. The molecular weight excluding hydrogens is 196 g/mol. The normalized spacial score (nSPS) is 22.2. The van der Waals surface area contributed by atoms with Crippen molar-refractivity contribution in [3.05, 3.63) is 12.2 Å². The zero-order valence-electron chi connectivity index (χ0n) is 11.1. The average molecular weight is 224 g/mol. The largest absolute Gasteiger partial charge is 0.313 e. The SMILES string of the molecule is C=C(CNCCC)CN1CCCC(CC)C1. The monoisotopic (exact) mass is 224 g/mol.